The third-order valence-corrected chi connectivity index (χ3v) is 6.76. The summed E-state index contributed by atoms with van der Waals surface area (Å²) in [6.07, 6.45) is 3.33. The minimum absolute atomic E-state index is 0.0523. The number of fused-ring (bicyclic) bond motifs is 3. The summed E-state index contributed by atoms with van der Waals surface area (Å²) in [5.41, 5.74) is 1.91. The Morgan fingerprint density at radius 2 is 1.88 bits per heavy atom. The van der Waals surface area contributed by atoms with E-state index in [4.69, 9.17) is 4.84 Å². The van der Waals surface area contributed by atoms with E-state index in [1.807, 2.05) is 36.4 Å². The molecule has 0 heterocycles. The predicted octanol–water partition coefficient (Wildman–Crippen LogP) is 5.20. The zero-order valence-electron chi connectivity index (χ0n) is 14.5. The van der Waals surface area contributed by atoms with E-state index in [0.717, 1.165) is 29.3 Å². The van der Waals surface area contributed by atoms with E-state index in [2.05, 4.69) is 25.9 Å². The summed E-state index contributed by atoms with van der Waals surface area (Å²) in [7, 11) is 0. The molecule has 2 aliphatic rings. The standard InChI is InChI=1S/C21H23NO2/c1-20(2)15-11-12-21(20,3)18(13-15)22-24-19(23)17-10-6-8-14-7-4-5-9-16(14)17/h4-10,15H,11-13H2,1-3H3/b22-18-/t15-,21-/m0/s1. The van der Waals surface area contributed by atoms with Crippen molar-refractivity contribution in [1.29, 1.82) is 0 Å². The first-order chi connectivity index (χ1) is 11.4. The van der Waals surface area contributed by atoms with E-state index in [1.54, 1.807) is 6.07 Å². The fourth-order valence-electron chi connectivity index (χ4n) is 4.62. The van der Waals surface area contributed by atoms with Crippen LogP contribution in [0, 0.1) is 16.7 Å². The lowest BCUT2D eigenvalue weighted by atomic mass is 9.70. The van der Waals surface area contributed by atoms with E-state index in [-0.39, 0.29) is 16.8 Å². The van der Waals surface area contributed by atoms with Crippen LogP contribution in [0.25, 0.3) is 10.8 Å². The summed E-state index contributed by atoms with van der Waals surface area (Å²) in [6.45, 7) is 6.91. The number of nitrogens with zero attached hydrogens (tertiary/aromatic N) is 1. The maximum Gasteiger partial charge on any atom is 0.366 e. The Morgan fingerprint density at radius 3 is 2.58 bits per heavy atom. The van der Waals surface area contributed by atoms with Crippen LogP contribution >= 0.6 is 0 Å². The van der Waals surface area contributed by atoms with Crippen LogP contribution in [0.2, 0.25) is 0 Å². The smallest absolute Gasteiger partial charge is 0.313 e. The molecule has 3 heteroatoms. The van der Waals surface area contributed by atoms with E-state index < -0.39 is 0 Å². The van der Waals surface area contributed by atoms with Gasteiger partial charge >= 0.3 is 5.97 Å². The van der Waals surface area contributed by atoms with Crippen LogP contribution in [-0.4, -0.2) is 11.7 Å². The lowest BCUT2D eigenvalue weighted by Gasteiger charge is -2.34. The Labute approximate surface area is 142 Å². The van der Waals surface area contributed by atoms with Crippen molar-refractivity contribution in [3.05, 3.63) is 48.0 Å². The molecule has 2 fully saturated rings. The molecule has 0 saturated heterocycles. The molecule has 0 N–H and O–H groups in total. The lowest BCUT2D eigenvalue weighted by Crippen LogP contribution is -2.32. The zero-order valence-corrected chi connectivity index (χ0v) is 14.5. The van der Waals surface area contributed by atoms with Crippen LogP contribution in [0.15, 0.2) is 47.6 Å². The normalized spacial score (nSPS) is 29.3. The van der Waals surface area contributed by atoms with E-state index >= 15 is 0 Å². The van der Waals surface area contributed by atoms with Crippen LogP contribution in [0.3, 0.4) is 0 Å². The van der Waals surface area contributed by atoms with Gasteiger partial charge in [0, 0.05) is 5.41 Å². The molecular formula is C21H23NO2. The second kappa shape index (κ2) is 5.17. The van der Waals surface area contributed by atoms with E-state index in [0.29, 0.717) is 11.5 Å². The summed E-state index contributed by atoms with van der Waals surface area (Å²) in [5.74, 6) is 0.279. The van der Waals surface area contributed by atoms with Crippen molar-refractivity contribution in [1.82, 2.24) is 0 Å². The van der Waals surface area contributed by atoms with Gasteiger partial charge < -0.3 is 4.84 Å². The molecule has 0 aliphatic heterocycles. The van der Waals surface area contributed by atoms with E-state index in [9.17, 15) is 4.79 Å². The number of carbonyl (C=O) groups excluding carboxylic acids is 1. The molecule has 2 atom stereocenters. The molecular weight excluding hydrogens is 298 g/mol. The quantitative estimate of drug-likeness (QED) is 0.563. The molecule has 4 rings (SSSR count). The van der Waals surface area contributed by atoms with Crippen LogP contribution in [0.1, 0.15) is 50.4 Å². The van der Waals surface area contributed by atoms with Crippen molar-refractivity contribution < 1.29 is 9.63 Å². The summed E-state index contributed by atoms with van der Waals surface area (Å²) in [4.78, 5) is 17.9. The van der Waals surface area contributed by atoms with Gasteiger partial charge in [0.15, 0.2) is 0 Å². The molecule has 0 aromatic heterocycles. The van der Waals surface area contributed by atoms with Gasteiger partial charge in [-0.2, -0.15) is 0 Å². The van der Waals surface area contributed by atoms with Crippen LogP contribution in [-0.2, 0) is 4.84 Å². The fraction of sp³-hybridized carbons (Fsp3) is 0.429. The van der Waals surface area contributed by atoms with Gasteiger partial charge in [-0.15, -0.1) is 0 Å². The highest BCUT2D eigenvalue weighted by Gasteiger charge is 2.60. The topological polar surface area (TPSA) is 38.7 Å². The first-order valence-corrected chi connectivity index (χ1v) is 8.70. The van der Waals surface area contributed by atoms with Crippen LogP contribution < -0.4 is 0 Å². The molecule has 3 nitrogen and oxygen atoms in total. The highest BCUT2D eigenvalue weighted by molar-refractivity contribution is 6.04. The minimum atomic E-state index is -0.372. The number of rotatable bonds is 2. The van der Waals surface area contributed by atoms with Gasteiger partial charge in [0.1, 0.15) is 0 Å². The van der Waals surface area contributed by atoms with Gasteiger partial charge in [0.2, 0.25) is 0 Å². The SMILES string of the molecule is CC1(C)[C@H]2CC[C@@]1(C)/C(=N\OC(=O)c1cccc3ccccc13)C2. The van der Waals surface area contributed by atoms with Crippen molar-refractivity contribution in [3.8, 4) is 0 Å². The number of hydrogen-bond acceptors (Lipinski definition) is 3. The second-order valence-corrected chi connectivity index (χ2v) is 7.94. The van der Waals surface area contributed by atoms with Crippen molar-refractivity contribution in [3.63, 3.8) is 0 Å². The molecule has 2 aromatic rings. The zero-order chi connectivity index (χ0) is 16.9. The Hall–Kier alpha value is -2.16. The molecule has 24 heavy (non-hydrogen) atoms. The highest BCUT2D eigenvalue weighted by Crippen LogP contribution is 2.64. The first-order valence-electron chi connectivity index (χ1n) is 8.70. The van der Waals surface area contributed by atoms with Crippen molar-refractivity contribution in [2.24, 2.45) is 21.9 Å². The van der Waals surface area contributed by atoms with Crippen LogP contribution in [0.5, 0.6) is 0 Å². The number of hydrogen-bond donors (Lipinski definition) is 0. The monoisotopic (exact) mass is 321 g/mol. The summed E-state index contributed by atoms with van der Waals surface area (Å²) >= 11 is 0. The highest BCUT2D eigenvalue weighted by atomic mass is 16.7. The Balaban J connectivity index is 1.62. The Morgan fingerprint density at radius 1 is 1.12 bits per heavy atom. The number of oxime groups is 1. The number of benzene rings is 2. The molecule has 124 valence electrons. The molecule has 0 spiro atoms. The first kappa shape index (κ1) is 15.4. The molecule has 0 unspecified atom stereocenters. The van der Waals surface area contributed by atoms with Crippen LogP contribution in [0.4, 0.5) is 0 Å². The van der Waals surface area contributed by atoms with Gasteiger partial charge in [-0.25, -0.2) is 4.79 Å². The van der Waals surface area contributed by atoms with Crippen molar-refractivity contribution >= 4 is 22.5 Å². The predicted molar refractivity (Wildman–Crippen MR) is 96.0 cm³/mol. The second-order valence-electron chi connectivity index (χ2n) is 7.94. The average Bonchev–Trinajstić information content (AvgIpc) is 2.92. The third-order valence-electron chi connectivity index (χ3n) is 6.76. The molecule has 2 saturated carbocycles. The van der Waals surface area contributed by atoms with Crippen molar-refractivity contribution in [2.75, 3.05) is 0 Å². The van der Waals surface area contributed by atoms with Gasteiger partial charge in [0.05, 0.1) is 11.3 Å². The summed E-state index contributed by atoms with van der Waals surface area (Å²) in [5, 5.41) is 6.27. The summed E-state index contributed by atoms with van der Waals surface area (Å²) in [6, 6.07) is 13.5. The fourth-order valence-corrected chi connectivity index (χ4v) is 4.62. The molecule has 0 radical (unpaired) electrons. The molecule has 2 aromatic carbocycles. The Bertz CT molecular complexity index is 847. The maximum absolute atomic E-state index is 12.6. The maximum atomic E-state index is 12.6. The Kier molecular flexibility index (Phi) is 3.31. The number of carbonyl (C=O) groups is 1. The minimum Gasteiger partial charge on any atom is -0.313 e. The van der Waals surface area contributed by atoms with E-state index in [1.165, 1.54) is 6.42 Å². The van der Waals surface area contributed by atoms with Gasteiger partial charge in [-0.1, -0.05) is 62.3 Å². The van der Waals surface area contributed by atoms with Gasteiger partial charge in [-0.05, 0) is 47.4 Å². The van der Waals surface area contributed by atoms with Crippen molar-refractivity contribution in [2.45, 2.75) is 40.0 Å². The largest absolute Gasteiger partial charge is 0.366 e. The summed E-state index contributed by atoms with van der Waals surface area (Å²) < 4.78 is 0. The van der Waals surface area contributed by atoms with Gasteiger partial charge in [-0.3, -0.25) is 0 Å². The molecule has 2 aliphatic carbocycles. The third kappa shape index (κ3) is 2.03. The average molecular weight is 321 g/mol. The molecule has 0 amide bonds. The van der Waals surface area contributed by atoms with Gasteiger partial charge in [0.25, 0.3) is 0 Å². The lowest BCUT2D eigenvalue weighted by molar-refractivity contribution is 0.0510. The molecule has 2 bridgehead atoms.